The maximum atomic E-state index is 10.1. The van der Waals surface area contributed by atoms with Crippen molar-refractivity contribution < 1.29 is 5.11 Å². The van der Waals surface area contributed by atoms with Crippen molar-refractivity contribution in [3.8, 4) is 0 Å². The van der Waals surface area contributed by atoms with Crippen LogP contribution in [0.25, 0.3) is 0 Å². The average Bonchev–Trinajstić information content (AvgIpc) is 2.97. The molecule has 3 fully saturated rings. The van der Waals surface area contributed by atoms with Gasteiger partial charge >= 0.3 is 0 Å². The summed E-state index contributed by atoms with van der Waals surface area (Å²) in [4.78, 5) is 0. The zero-order valence-corrected chi connectivity index (χ0v) is 19.4. The van der Waals surface area contributed by atoms with E-state index in [1.54, 1.807) is 0 Å². The van der Waals surface area contributed by atoms with Crippen molar-refractivity contribution >= 4 is 0 Å². The first-order valence-electron chi connectivity index (χ1n) is 12.6. The summed E-state index contributed by atoms with van der Waals surface area (Å²) in [5.74, 6) is 4.67. The molecule has 1 N–H and O–H groups in total. The van der Waals surface area contributed by atoms with E-state index in [9.17, 15) is 5.11 Å². The minimum atomic E-state index is -0.497. The fourth-order valence-electron chi connectivity index (χ4n) is 8.79. The molecule has 1 nitrogen and oxygen atoms in total. The molecule has 0 aromatic rings. The Bertz CT molecular complexity index is 598. The zero-order chi connectivity index (χ0) is 20.2. The van der Waals surface area contributed by atoms with E-state index in [-0.39, 0.29) is 0 Å². The van der Waals surface area contributed by atoms with Crippen molar-refractivity contribution in [2.24, 2.45) is 40.4 Å². The SMILES string of the molecule is C[C@H](CCCC(C)(C)O)[C@H]1CC[C@H]2[C@@H]3CCC4=CCCC[C@]4(C)[C@H]3CC[C@]12C. The van der Waals surface area contributed by atoms with Gasteiger partial charge in [0.1, 0.15) is 0 Å². The standard InChI is InChI=1S/C27H46O/c1-19(9-8-16-25(2,3)28)22-13-14-23-21-12-11-20-10-6-7-17-26(20,4)24(21)15-18-27(22,23)5/h10,19,21-24,28H,6-9,11-18H2,1-5H3/t19-,21+,22-,23+,24+,26+,27-/m1/s1. The summed E-state index contributed by atoms with van der Waals surface area (Å²) in [5, 5.41) is 10.1. The second kappa shape index (κ2) is 7.44. The number of rotatable bonds is 5. The fourth-order valence-corrected chi connectivity index (χ4v) is 8.79. The van der Waals surface area contributed by atoms with E-state index in [1.165, 1.54) is 70.6 Å². The maximum Gasteiger partial charge on any atom is 0.0591 e. The molecule has 0 spiro atoms. The van der Waals surface area contributed by atoms with Gasteiger partial charge in [-0.1, -0.05) is 45.3 Å². The predicted molar refractivity (Wildman–Crippen MR) is 119 cm³/mol. The third kappa shape index (κ3) is 3.52. The predicted octanol–water partition coefficient (Wildman–Crippen LogP) is 7.53. The number of hydrogen-bond donors (Lipinski definition) is 1. The van der Waals surface area contributed by atoms with Crippen molar-refractivity contribution in [1.82, 2.24) is 0 Å². The second-order valence-corrected chi connectivity index (χ2v) is 12.4. The smallest absolute Gasteiger partial charge is 0.0591 e. The topological polar surface area (TPSA) is 20.2 Å². The van der Waals surface area contributed by atoms with Gasteiger partial charge in [-0.3, -0.25) is 0 Å². The minimum Gasteiger partial charge on any atom is -0.390 e. The minimum absolute atomic E-state index is 0.497. The zero-order valence-electron chi connectivity index (χ0n) is 19.4. The monoisotopic (exact) mass is 386 g/mol. The van der Waals surface area contributed by atoms with Crippen LogP contribution in [0.3, 0.4) is 0 Å². The highest BCUT2D eigenvalue weighted by molar-refractivity contribution is 5.23. The molecule has 7 atom stereocenters. The summed E-state index contributed by atoms with van der Waals surface area (Å²) in [6.07, 6.45) is 19.1. The van der Waals surface area contributed by atoms with Crippen LogP contribution in [0, 0.1) is 40.4 Å². The van der Waals surface area contributed by atoms with Crippen LogP contribution in [0.4, 0.5) is 0 Å². The average molecular weight is 387 g/mol. The van der Waals surface area contributed by atoms with Crippen molar-refractivity contribution in [2.45, 2.75) is 117 Å². The normalized spacial score (nSPS) is 44.3. The Morgan fingerprint density at radius 2 is 1.89 bits per heavy atom. The molecule has 0 aromatic carbocycles. The van der Waals surface area contributed by atoms with Crippen LogP contribution < -0.4 is 0 Å². The van der Waals surface area contributed by atoms with Crippen molar-refractivity contribution in [1.29, 1.82) is 0 Å². The summed E-state index contributed by atoms with van der Waals surface area (Å²) >= 11 is 0. The van der Waals surface area contributed by atoms with Gasteiger partial charge in [0.25, 0.3) is 0 Å². The molecule has 0 aliphatic heterocycles. The van der Waals surface area contributed by atoms with E-state index in [1.807, 2.05) is 19.4 Å². The first-order valence-corrected chi connectivity index (χ1v) is 12.6. The first kappa shape index (κ1) is 21.0. The highest BCUT2D eigenvalue weighted by Gasteiger charge is 2.59. The molecule has 0 heterocycles. The summed E-state index contributed by atoms with van der Waals surface area (Å²) in [7, 11) is 0. The van der Waals surface area contributed by atoms with E-state index in [0.29, 0.717) is 10.8 Å². The van der Waals surface area contributed by atoms with Gasteiger partial charge in [0.15, 0.2) is 0 Å². The molecule has 0 unspecified atom stereocenters. The Morgan fingerprint density at radius 1 is 1.11 bits per heavy atom. The Labute approximate surface area is 174 Å². The molecule has 0 saturated heterocycles. The third-order valence-electron chi connectivity index (χ3n) is 10.2. The lowest BCUT2D eigenvalue weighted by Crippen LogP contribution is -2.50. The number of fused-ring (bicyclic) bond motifs is 5. The number of aliphatic hydroxyl groups is 1. The molecule has 160 valence electrons. The lowest BCUT2D eigenvalue weighted by atomic mass is 9.46. The Hall–Kier alpha value is -0.300. The van der Waals surface area contributed by atoms with E-state index < -0.39 is 5.60 Å². The summed E-state index contributed by atoms with van der Waals surface area (Å²) in [5.41, 5.74) is 2.47. The van der Waals surface area contributed by atoms with Crippen LogP contribution in [0.15, 0.2) is 11.6 Å². The molecule has 1 heteroatoms. The molecule has 0 aromatic heterocycles. The lowest BCUT2D eigenvalue weighted by Gasteiger charge is -2.58. The molecule has 0 bridgehead atoms. The molecule has 0 amide bonds. The van der Waals surface area contributed by atoms with Gasteiger partial charge < -0.3 is 5.11 Å². The van der Waals surface area contributed by atoms with Crippen molar-refractivity contribution in [3.05, 3.63) is 11.6 Å². The number of allylic oxidation sites excluding steroid dienone is 2. The number of hydrogen-bond acceptors (Lipinski definition) is 1. The summed E-state index contributed by atoms with van der Waals surface area (Å²) in [6.45, 7) is 11.8. The quantitative estimate of drug-likeness (QED) is 0.484. The van der Waals surface area contributed by atoms with E-state index in [4.69, 9.17) is 0 Å². The molecular formula is C27H46O. The van der Waals surface area contributed by atoms with Gasteiger partial charge in [0.05, 0.1) is 5.60 Å². The van der Waals surface area contributed by atoms with Gasteiger partial charge in [0, 0.05) is 0 Å². The largest absolute Gasteiger partial charge is 0.390 e. The van der Waals surface area contributed by atoms with Gasteiger partial charge in [-0.15, -0.1) is 0 Å². The molecule has 4 aliphatic carbocycles. The maximum absolute atomic E-state index is 10.1. The van der Waals surface area contributed by atoms with Crippen LogP contribution in [0.2, 0.25) is 0 Å². The van der Waals surface area contributed by atoms with E-state index in [2.05, 4.69) is 26.8 Å². The Balaban J connectivity index is 1.46. The molecule has 4 rings (SSSR count). The van der Waals surface area contributed by atoms with Gasteiger partial charge in [-0.05, 0) is 118 Å². The van der Waals surface area contributed by atoms with Crippen LogP contribution in [-0.4, -0.2) is 10.7 Å². The van der Waals surface area contributed by atoms with Gasteiger partial charge in [0.2, 0.25) is 0 Å². The van der Waals surface area contributed by atoms with Crippen LogP contribution >= 0.6 is 0 Å². The highest BCUT2D eigenvalue weighted by atomic mass is 16.3. The first-order chi connectivity index (χ1) is 13.2. The molecular weight excluding hydrogens is 340 g/mol. The Morgan fingerprint density at radius 3 is 2.64 bits per heavy atom. The fraction of sp³-hybridized carbons (Fsp3) is 0.926. The van der Waals surface area contributed by atoms with Crippen molar-refractivity contribution in [2.75, 3.05) is 0 Å². The Kier molecular flexibility index (Phi) is 5.56. The lowest BCUT2D eigenvalue weighted by molar-refractivity contribution is -0.0594. The molecule has 28 heavy (non-hydrogen) atoms. The van der Waals surface area contributed by atoms with Crippen molar-refractivity contribution in [3.63, 3.8) is 0 Å². The second-order valence-electron chi connectivity index (χ2n) is 12.4. The summed E-state index contributed by atoms with van der Waals surface area (Å²) in [6, 6.07) is 0. The van der Waals surface area contributed by atoms with Crippen LogP contribution in [-0.2, 0) is 0 Å². The molecule has 3 saturated carbocycles. The van der Waals surface area contributed by atoms with Crippen LogP contribution in [0.1, 0.15) is 112 Å². The van der Waals surface area contributed by atoms with Crippen LogP contribution in [0.5, 0.6) is 0 Å². The van der Waals surface area contributed by atoms with E-state index >= 15 is 0 Å². The summed E-state index contributed by atoms with van der Waals surface area (Å²) < 4.78 is 0. The van der Waals surface area contributed by atoms with Gasteiger partial charge in [-0.2, -0.15) is 0 Å². The highest BCUT2D eigenvalue weighted by Crippen LogP contribution is 2.67. The van der Waals surface area contributed by atoms with E-state index in [0.717, 1.165) is 36.0 Å². The molecule has 0 radical (unpaired) electrons. The molecule has 4 aliphatic rings. The third-order valence-corrected chi connectivity index (χ3v) is 10.2. The van der Waals surface area contributed by atoms with Gasteiger partial charge in [-0.25, -0.2) is 0 Å².